The van der Waals surface area contributed by atoms with Crippen molar-refractivity contribution in [1.29, 1.82) is 0 Å². The summed E-state index contributed by atoms with van der Waals surface area (Å²) in [6.07, 6.45) is 2.07. The van der Waals surface area contributed by atoms with E-state index in [1.165, 1.54) is 5.56 Å². The van der Waals surface area contributed by atoms with E-state index in [4.69, 9.17) is 5.73 Å². The van der Waals surface area contributed by atoms with E-state index in [0.717, 1.165) is 22.6 Å². The Kier molecular flexibility index (Phi) is 2.14. The van der Waals surface area contributed by atoms with Gasteiger partial charge in [0.2, 0.25) is 0 Å². The van der Waals surface area contributed by atoms with Gasteiger partial charge in [-0.05, 0) is 19.9 Å². The summed E-state index contributed by atoms with van der Waals surface area (Å²) in [5.41, 5.74) is 11.3. The molecule has 5 heteroatoms. The van der Waals surface area contributed by atoms with E-state index in [-0.39, 0.29) is 6.04 Å². The lowest BCUT2D eigenvalue weighted by Crippen LogP contribution is -2.27. The second-order valence-corrected chi connectivity index (χ2v) is 4.94. The first-order valence-corrected chi connectivity index (χ1v) is 6.03. The van der Waals surface area contributed by atoms with Gasteiger partial charge in [0.05, 0.1) is 17.4 Å². The van der Waals surface area contributed by atoms with Gasteiger partial charge in [-0.3, -0.25) is 4.68 Å². The summed E-state index contributed by atoms with van der Waals surface area (Å²) in [6, 6.07) is 2.31. The Morgan fingerprint density at radius 3 is 2.78 bits per heavy atom. The molecule has 5 nitrogen and oxygen atoms in total. The number of nitrogens with two attached hydrogens (primary N) is 1. The molecular weight excluding hydrogens is 226 g/mol. The predicted octanol–water partition coefficient (Wildman–Crippen LogP) is 1.88. The van der Waals surface area contributed by atoms with E-state index < -0.39 is 0 Å². The number of anilines is 2. The zero-order valence-corrected chi connectivity index (χ0v) is 11.1. The lowest BCUT2D eigenvalue weighted by Gasteiger charge is -2.33. The molecule has 0 saturated carbocycles. The average molecular weight is 243 g/mol. The molecule has 0 amide bonds. The Morgan fingerprint density at radius 2 is 2.06 bits per heavy atom. The molecule has 1 atom stereocenters. The third kappa shape index (κ3) is 1.33. The molecule has 1 aliphatic rings. The molecule has 3 heterocycles. The molecule has 0 radical (unpaired) electrons. The van der Waals surface area contributed by atoms with E-state index in [1.807, 2.05) is 25.7 Å². The average Bonchev–Trinajstić information content (AvgIpc) is 2.67. The number of nitrogen functional groups attached to an aromatic ring is 1. The van der Waals surface area contributed by atoms with Crippen molar-refractivity contribution in [3.05, 3.63) is 23.5 Å². The lowest BCUT2D eigenvalue weighted by molar-refractivity contribution is 0.729. The smallest absolute Gasteiger partial charge is 0.148 e. The Hall–Kier alpha value is -2.04. The SMILES string of the molecule is Cc1cc2c(c(N)n1)N(C)C(C)c1cn(C)nc1-2. The normalized spacial score (nSPS) is 17.6. The molecule has 0 spiro atoms. The van der Waals surface area contributed by atoms with Crippen molar-refractivity contribution in [1.82, 2.24) is 14.8 Å². The van der Waals surface area contributed by atoms with Gasteiger partial charge in [-0.15, -0.1) is 0 Å². The van der Waals surface area contributed by atoms with Gasteiger partial charge in [0.1, 0.15) is 5.82 Å². The Balaban J connectivity index is 2.36. The zero-order valence-electron chi connectivity index (χ0n) is 11.1. The van der Waals surface area contributed by atoms with Gasteiger partial charge in [0.25, 0.3) is 0 Å². The molecule has 0 aliphatic carbocycles. The van der Waals surface area contributed by atoms with Crippen molar-refractivity contribution in [2.75, 3.05) is 17.7 Å². The standard InChI is InChI=1S/C13H17N5/c1-7-5-9-11-10(6-17(3)16-11)8(2)18(4)12(9)13(14)15-7/h5-6,8H,1-4H3,(H2,14,15). The van der Waals surface area contributed by atoms with Gasteiger partial charge in [-0.25, -0.2) is 4.98 Å². The van der Waals surface area contributed by atoms with Crippen LogP contribution in [0.4, 0.5) is 11.5 Å². The van der Waals surface area contributed by atoms with Crippen molar-refractivity contribution < 1.29 is 0 Å². The predicted molar refractivity (Wildman–Crippen MR) is 72.4 cm³/mol. The molecule has 3 rings (SSSR count). The van der Waals surface area contributed by atoms with Crippen LogP contribution >= 0.6 is 0 Å². The fraction of sp³-hybridized carbons (Fsp3) is 0.385. The van der Waals surface area contributed by atoms with E-state index in [2.05, 4.69) is 34.2 Å². The molecular formula is C13H17N5. The maximum atomic E-state index is 6.07. The molecule has 94 valence electrons. The monoisotopic (exact) mass is 243 g/mol. The van der Waals surface area contributed by atoms with Crippen LogP contribution in [0.2, 0.25) is 0 Å². The van der Waals surface area contributed by atoms with Crippen LogP contribution in [0.15, 0.2) is 12.3 Å². The highest BCUT2D eigenvalue weighted by molar-refractivity contribution is 5.88. The molecule has 0 fully saturated rings. The first-order valence-electron chi connectivity index (χ1n) is 6.03. The summed E-state index contributed by atoms with van der Waals surface area (Å²) in [5.74, 6) is 0.579. The van der Waals surface area contributed by atoms with Crippen LogP contribution in [0.25, 0.3) is 11.3 Å². The second kappa shape index (κ2) is 3.48. The molecule has 0 bridgehead atoms. The molecule has 18 heavy (non-hydrogen) atoms. The van der Waals surface area contributed by atoms with Crippen LogP contribution < -0.4 is 10.6 Å². The third-order valence-corrected chi connectivity index (χ3v) is 3.64. The third-order valence-electron chi connectivity index (χ3n) is 3.64. The number of hydrogen-bond acceptors (Lipinski definition) is 4. The summed E-state index contributed by atoms with van der Waals surface area (Å²) in [7, 11) is 3.99. The van der Waals surface area contributed by atoms with Gasteiger partial charge in [0, 0.05) is 37.1 Å². The number of rotatable bonds is 0. The summed E-state index contributed by atoms with van der Waals surface area (Å²) in [6.45, 7) is 4.11. The molecule has 2 aromatic heterocycles. The highest BCUT2D eigenvalue weighted by Crippen LogP contribution is 2.45. The first-order chi connectivity index (χ1) is 8.49. The molecule has 2 N–H and O–H groups in total. The number of nitrogens with zero attached hydrogens (tertiary/aromatic N) is 4. The molecule has 0 aromatic carbocycles. The van der Waals surface area contributed by atoms with E-state index in [1.54, 1.807) is 0 Å². The molecule has 1 unspecified atom stereocenters. The Bertz CT molecular complexity index is 629. The number of pyridine rings is 1. The van der Waals surface area contributed by atoms with E-state index in [9.17, 15) is 0 Å². The second-order valence-electron chi connectivity index (χ2n) is 4.94. The van der Waals surface area contributed by atoms with Crippen LogP contribution in [0, 0.1) is 6.92 Å². The lowest BCUT2D eigenvalue weighted by atomic mass is 9.95. The van der Waals surface area contributed by atoms with Crippen LogP contribution in [-0.4, -0.2) is 21.8 Å². The summed E-state index contributed by atoms with van der Waals surface area (Å²) < 4.78 is 1.86. The summed E-state index contributed by atoms with van der Waals surface area (Å²) >= 11 is 0. The van der Waals surface area contributed by atoms with Crippen molar-refractivity contribution in [3.63, 3.8) is 0 Å². The zero-order chi connectivity index (χ0) is 13.0. The summed E-state index contributed by atoms with van der Waals surface area (Å²) in [5, 5.41) is 4.57. The topological polar surface area (TPSA) is 60.0 Å². The van der Waals surface area contributed by atoms with Gasteiger partial charge in [0.15, 0.2) is 0 Å². The van der Waals surface area contributed by atoms with Gasteiger partial charge >= 0.3 is 0 Å². The maximum Gasteiger partial charge on any atom is 0.148 e. The van der Waals surface area contributed by atoms with Crippen LogP contribution in [0.5, 0.6) is 0 Å². The number of aromatic nitrogens is 3. The highest BCUT2D eigenvalue weighted by atomic mass is 15.3. The Labute approximate surface area is 106 Å². The van der Waals surface area contributed by atoms with Gasteiger partial charge in [-0.2, -0.15) is 5.10 Å². The minimum Gasteiger partial charge on any atom is -0.382 e. The highest BCUT2D eigenvalue weighted by Gasteiger charge is 2.30. The number of fused-ring (bicyclic) bond motifs is 3. The first kappa shape index (κ1) is 11.1. The van der Waals surface area contributed by atoms with E-state index >= 15 is 0 Å². The van der Waals surface area contributed by atoms with Crippen molar-refractivity contribution >= 4 is 11.5 Å². The van der Waals surface area contributed by atoms with Crippen LogP contribution in [0.3, 0.4) is 0 Å². The minimum atomic E-state index is 0.257. The van der Waals surface area contributed by atoms with Crippen molar-refractivity contribution in [3.8, 4) is 11.3 Å². The molecule has 2 aromatic rings. The summed E-state index contributed by atoms with van der Waals surface area (Å²) in [4.78, 5) is 6.52. The fourth-order valence-electron chi connectivity index (χ4n) is 2.67. The Morgan fingerprint density at radius 1 is 1.33 bits per heavy atom. The quantitative estimate of drug-likeness (QED) is 0.767. The van der Waals surface area contributed by atoms with Crippen molar-refractivity contribution in [2.45, 2.75) is 19.9 Å². The number of hydrogen-bond donors (Lipinski definition) is 1. The fourth-order valence-corrected chi connectivity index (χ4v) is 2.67. The minimum absolute atomic E-state index is 0.257. The molecule has 1 aliphatic heterocycles. The largest absolute Gasteiger partial charge is 0.382 e. The van der Waals surface area contributed by atoms with Crippen molar-refractivity contribution in [2.24, 2.45) is 7.05 Å². The van der Waals surface area contributed by atoms with Crippen LogP contribution in [-0.2, 0) is 7.05 Å². The van der Waals surface area contributed by atoms with Gasteiger partial charge < -0.3 is 10.6 Å². The maximum absolute atomic E-state index is 6.07. The van der Waals surface area contributed by atoms with Crippen LogP contribution in [0.1, 0.15) is 24.2 Å². The molecule has 0 saturated heterocycles. The number of aryl methyl sites for hydroxylation is 2. The van der Waals surface area contributed by atoms with E-state index in [0.29, 0.717) is 5.82 Å². The van der Waals surface area contributed by atoms with Gasteiger partial charge in [-0.1, -0.05) is 0 Å².